The van der Waals surface area contributed by atoms with Gasteiger partial charge in [0.1, 0.15) is 6.04 Å². The van der Waals surface area contributed by atoms with Crippen molar-refractivity contribution in [3.8, 4) is 6.19 Å². The average Bonchev–Trinajstić information content (AvgIpc) is 3.45. The molecule has 1 aliphatic carbocycles. The Hall–Kier alpha value is -2.69. The van der Waals surface area contributed by atoms with Crippen molar-refractivity contribution >= 4 is 11.9 Å². The molecule has 3 amide bonds. The van der Waals surface area contributed by atoms with Gasteiger partial charge >= 0.3 is 6.03 Å². The molecule has 0 unspecified atom stereocenters. The third kappa shape index (κ3) is 5.43. The first kappa shape index (κ1) is 21.0. The molecule has 2 aliphatic rings. The van der Waals surface area contributed by atoms with Crippen molar-refractivity contribution < 1.29 is 18.4 Å². The second-order valence-corrected chi connectivity index (χ2v) is 8.21. The topological polar surface area (TPSA) is 76.4 Å². The largest absolute Gasteiger partial charge is 0.326 e. The molecule has 1 saturated heterocycles. The SMILES string of the molecule is CN(C#N)C(=O)[C@H](CC(F)(F)Cc1ccccc1)NC(=O)N1CCC2(CC1)CC2. The van der Waals surface area contributed by atoms with Crippen molar-refractivity contribution in [3.63, 3.8) is 0 Å². The molecule has 1 spiro atoms. The monoisotopic (exact) mass is 404 g/mol. The number of benzene rings is 1. The van der Waals surface area contributed by atoms with Crippen molar-refractivity contribution in [2.24, 2.45) is 5.41 Å². The van der Waals surface area contributed by atoms with Gasteiger partial charge in [-0.2, -0.15) is 5.26 Å². The summed E-state index contributed by atoms with van der Waals surface area (Å²) in [6.07, 6.45) is 4.39. The molecule has 0 bridgehead atoms. The van der Waals surface area contributed by atoms with Crippen LogP contribution in [0, 0.1) is 16.9 Å². The molecule has 1 aliphatic heterocycles. The van der Waals surface area contributed by atoms with E-state index in [1.54, 1.807) is 41.4 Å². The zero-order valence-corrected chi connectivity index (χ0v) is 16.5. The van der Waals surface area contributed by atoms with Crippen LogP contribution >= 0.6 is 0 Å². The number of alkyl halides is 2. The highest BCUT2D eigenvalue weighted by atomic mass is 19.3. The molecule has 1 atom stereocenters. The maximum absolute atomic E-state index is 14.7. The van der Waals surface area contributed by atoms with E-state index in [1.807, 2.05) is 0 Å². The quantitative estimate of drug-likeness (QED) is 0.585. The summed E-state index contributed by atoms with van der Waals surface area (Å²) in [6.45, 7) is 1.11. The summed E-state index contributed by atoms with van der Waals surface area (Å²) in [5, 5.41) is 11.4. The van der Waals surface area contributed by atoms with Crippen LogP contribution in [0.2, 0.25) is 0 Å². The lowest BCUT2D eigenvalue weighted by Gasteiger charge is -2.34. The van der Waals surface area contributed by atoms with Crippen LogP contribution < -0.4 is 5.32 Å². The molecule has 8 heteroatoms. The fraction of sp³-hybridized carbons (Fsp3) is 0.571. The van der Waals surface area contributed by atoms with Crippen LogP contribution in [0.15, 0.2) is 30.3 Å². The van der Waals surface area contributed by atoms with E-state index in [-0.39, 0.29) is 0 Å². The first-order valence-corrected chi connectivity index (χ1v) is 9.88. The van der Waals surface area contributed by atoms with Crippen LogP contribution in [0.4, 0.5) is 13.6 Å². The number of halogens is 2. The average molecular weight is 404 g/mol. The number of likely N-dealkylation sites (tertiary alicyclic amines) is 1. The van der Waals surface area contributed by atoms with E-state index >= 15 is 0 Å². The highest BCUT2D eigenvalue weighted by Gasteiger charge is 2.45. The van der Waals surface area contributed by atoms with Gasteiger partial charge in [0.2, 0.25) is 0 Å². The predicted octanol–water partition coefficient (Wildman–Crippen LogP) is 3.15. The highest BCUT2D eigenvalue weighted by molar-refractivity contribution is 5.88. The number of nitriles is 1. The number of rotatable bonds is 6. The minimum Gasteiger partial charge on any atom is -0.326 e. The lowest BCUT2D eigenvalue weighted by Crippen LogP contribution is -2.54. The first-order valence-electron chi connectivity index (χ1n) is 9.88. The molecule has 1 saturated carbocycles. The molecule has 1 N–H and O–H groups in total. The van der Waals surface area contributed by atoms with Crippen molar-refractivity contribution in [3.05, 3.63) is 35.9 Å². The zero-order chi connectivity index (χ0) is 21.1. The third-order valence-corrected chi connectivity index (χ3v) is 5.95. The van der Waals surface area contributed by atoms with Crippen molar-refractivity contribution in [1.29, 1.82) is 5.26 Å². The minimum atomic E-state index is -3.22. The van der Waals surface area contributed by atoms with E-state index in [0.29, 0.717) is 29.0 Å². The van der Waals surface area contributed by atoms with Crippen LogP contribution in [0.25, 0.3) is 0 Å². The van der Waals surface area contributed by atoms with Gasteiger partial charge in [-0.3, -0.25) is 9.69 Å². The maximum Gasteiger partial charge on any atom is 0.318 e. The van der Waals surface area contributed by atoms with Gasteiger partial charge in [0.05, 0.1) is 0 Å². The molecule has 1 heterocycles. The van der Waals surface area contributed by atoms with Crippen molar-refractivity contribution in [2.45, 2.75) is 50.5 Å². The van der Waals surface area contributed by atoms with Gasteiger partial charge in [-0.05, 0) is 36.7 Å². The second kappa shape index (κ2) is 8.36. The summed E-state index contributed by atoms with van der Waals surface area (Å²) < 4.78 is 29.3. The fourth-order valence-electron chi connectivity index (χ4n) is 3.85. The van der Waals surface area contributed by atoms with Crippen molar-refractivity contribution in [2.75, 3.05) is 20.1 Å². The number of hydrogen-bond donors (Lipinski definition) is 1. The molecule has 6 nitrogen and oxygen atoms in total. The summed E-state index contributed by atoms with van der Waals surface area (Å²) in [4.78, 5) is 27.3. The number of amides is 3. The first-order chi connectivity index (χ1) is 13.7. The lowest BCUT2D eigenvalue weighted by atomic mass is 9.94. The molecule has 0 aromatic heterocycles. The minimum absolute atomic E-state index is 0.371. The third-order valence-electron chi connectivity index (χ3n) is 5.95. The smallest absolute Gasteiger partial charge is 0.318 e. The predicted molar refractivity (Wildman–Crippen MR) is 103 cm³/mol. The molecule has 1 aromatic rings. The van der Waals surface area contributed by atoms with E-state index in [4.69, 9.17) is 5.26 Å². The summed E-state index contributed by atoms with van der Waals surface area (Å²) in [7, 11) is 1.20. The highest BCUT2D eigenvalue weighted by Crippen LogP contribution is 2.53. The van der Waals surface area contributed by atoms with Crippen LogP contribution in [-0.2, 0) is 11.2 Å². The standard InChI is InChI=1S/C21H26F2N4O2/c1-26(15-24)18(28)17(14-21(22,23)13-16-5-3-2-4-6-16)25-19(29)27-11-9-20(7-8-20)10-12-27/h2-6,17H,7-14H2,1H3,(H,25,29)/t17-/m0/s1. The van der Waals surface area contributed by atoms with Gasteiger partial charge < -0.3 is 10.2 Å². The van der Waals surface area contributed by atoms with Gasteiger partial charge in [0.25, 0.3) is 11.8 Å². The molecule has 3 rings (SSSR count). The fourth-order valence-corrected chi connectivity index (χ4v) is 3.85. The lowest BCUT2D eigenvalue weighted by molar-refractivity contribution is -0.132. The Balaban J connectivity index is 1.66. The molecule has 1 aromatic carbocycles. The van der Waals surface area contributed by atoms with Crippen LogP contribution in [0.5, 0.6) is 0 Å². The summed E-state index contributed by atoms with van der Waals surface area (Å²) in [6, 6.07) is 6.26. The number of nitrogens with zero attached hydrogens (tertiary/aromatic N) is 3. The summed E-state index contributed by atoms with van der Waals surface area (Å²) >= 11 is 0. The van der Waals surface area contributed by atoms with Gasteiger partial charge in [0, 0.05) is 33.0 Å². The van der Waals surface area contributed by atoms with Gasteiger partial charge in [-0.25, -0.2) is 13.6 Å². The van der Waals surface area contributed by atoms with E-state index in [9.17, 15) is 18.4 Å². The Morgan fingerprint density at radius 3 is 2.41 bits per heavy atom. The van der Waals surface area contributed by atoms with E-state index in [1.165, 1.54) is 19.9 Å². The number of likely N-dealkylation sites (N-methyl/N-ethyl adjacent to an activating group) is 1. The molecule has 2 fully saturated rings. The Bertz CT molecular complexity index is 780. The van der Waals surface area contributed by atoms with Crippen LogP contribution in [0.1, 0.15) is 37.7 Å². The van der Waals surface area contributed by atoms with Gasteiger partial charge in [-0.1, -0.05) is 30.3 Å². The van der Waals surface area contributed by atoms with Crippen LogP contribution in [-0.4, -0.2) is 53.8 Å². The van der Waals surface area contributed by atoms with Crippen molar-refractivity contribution in [1.82, 2.24) is 15.1 Å². The van der Waals surface area contributed by atoms with E-state index < -0.39 is 36.7 Å². The van der Waals surface area contributed by atoms with E-state index in [0.717, 1.165) is 12.8 Å². The molecule has 156 valence electrons. The Kier molecular flexibility index (Phi) is 6.06. The normalized spacial score (nSPS) is 18.6. The van der Waals surface area contributed by atoms with Gasteiger partial charge in [0.15, 0.2) is 6.19 Å². The Labute approximate surface area is 169 Å². The summed E-state index contributed by atoms with van der Waals surface area (Å²) in [5.74, 6) is -4.06. The molecular formula is C21H26F2N4O2. The Morgan fingerprint density at radius 1 is 1.24 bits per heavy atom. The number of nitrogens with one attached hydrogen (secondary N) is 1. The zero-order valence-electron chi connectivity index (χ0n) is 16.5. The number of hydrogen-bond acceptors (Lipinski definition) is 3. The van der Waals surface area contributed by atoms with Crippen LogP contribution in [0.3, 0.4) is 0 Å². The molecular weight excluding hydrogens is 378 g/mol. The number of urea groups is 1. The van der Waals surface area contributed by atoms with E-state index in [2.05, 4.69) is 5.32 Å². The summed E-state index contributed by atoms with van der Waals surface area (Å²) in [5.41, 5.74) is 0.810. The molecule has 0 radical (unpaired) electrons. The number of piperidine rings is 1. The second-order valence-electron chi connectivity index (χ2n) is 8.21. The number of carbonyl (C=O) groups excluding carboxylic acids is 2. The maximum atomic E-state index is 14.7. The molecule has 29 heavy (non-hydrogen) atoms. The van der Waals surface area contributed by atoms with Gasteiger partial charge in [-0.15, -0.1) is 0 Å². The number of carbonyl (C=O) groups is 2. The Morgan fingerprint density at radius 2 is 1.86 bits per heavy atom.